The van der Waals surface area contributed by atoms with Crippen LogP contribution in [0.15, 0.2) is 30.5 Å². The second-order valence-electron chi connectivity index (χ2n) is 4.74. The monoisotopic (exact) mass is 297 g/mol. The van der Waals surface area contributed by atoms with Crippen molar-refractivity contribution >= 4 is 12.4 Å². The van der Waals surface area contributed by atoms with E-state index < -0.39 is 0 Å². The third-order valence-electron chi connectivity index (χ3n) is 3.03. The van der Waals surface area contributed by atoms with Crippen molar-refractivity contribution in [3.8, 4) is 0 Å². The molecule has 1 aromatic carbocycles. The van der Waals surface area contributed by atoms with E-state index in [4.69, 9.17) is 0 Å². The van der Waals surface area contributed by atoms with Crippen LogP contribution >= 0.6 is 12.4 Å². The molecular formula is C15H21ClFN3. The molecule has 1 aromatic heterocycles. The molecule has 5 heteroatoms. The van der Waals surface area contributed by atoms with Gasteiger partial charge in [-0.15, -0.1) is 12.4 Å². The predicted molar refractivity (Wildman–Crippen MR) is 81.4 cm³/mol. The summed E-state index contributed by atoms with van der Waals surface area (Å²) in [7, 11) is 0. The fraction of sp³-hybridized carbons (Fsp3) is 0.400. The smallest absolute Gasteiger partial charge is 0.123 e. The standard InChI is InChI=1S/C15H20FN3.ClH/c1-3-7-19-11-14(12(2)18-19)10-17-9-13-5-4-6-15(16)8-13;/h4-6,8,11,17H,3,7,9-10H2,1-2H3;1H. The maximum atomic E-state index is 13.0. The molecule has 3 nitrogen and oxygen atoms in total. The Bertz CT molecular complexity index is 540. The van der Waals surface area contributed by atoms with Crippen LogP contribution in [0.25, 0.3) is 0 Å². The summed E-state index contributed by atoms with van der Waals surface area (Å²) in [5.41, 5.74) is 3.21. The quantitative estimate of drug-likeness (QED) is 0.885. The second kappa shape index (κ2) is 8.02. The van der Waals surface area contributed by atoms with Gasteiger partial charge < -0.3 is 5.32 Å². The molecule has 110 valence electrons. The molecule has 1 N–H and O–H groups in total. The number of aromatic nitrogens is 2. The molecule has 2 aromatic rings. The third-order valence-corrected chi connectivity index (χ3v) is 3.03. The number of halogens is 2. The van der Waals surface area contributed by atoms with Crippen molar-refractivity contribution in [3.05, 3.63) is 53.1 Å². The maximum absolute atomic E-state index is 13.0. The van der Waals surface area contributed by atoms with Gasteiger partial charge in [-0.05, 0) is 31.0 Å². The van der Waals surface area contributed by atoms with Crippen molar-refractivity contribution in [2.24, 2.45) is 0 Å². The highest BCUT2D eigenvalue weighted by Gasteiger charge is 2.04. The first kappa shape index (κ1) is 16.7. The SMILES string of the molecule is CCCn1cc(CNCc2cccc(F)c2)c(C)n1.Cl. The van der Waals surface area contributed by atoms with Gasteiger partial charge in [-0.2, -0.15) is 5.10 Å². The number of benzene rings is 1. The van der Waals surface area contributed by atoms with Crippen molar-refractivity contribution in [2.45, 2.75) is 39.9 Å². The Morgan fingerprint density at radius 3 is 2.80 bits per heavy atom. The van der Waals surface area contributed by atoms with Crippen molar-refractivity contribution in [2.75, 3.05) is 0 Å². The van der Waals surface area contributed by atoms with Crippen LogP contribution in [0.4, 0.5) is 4.39 Å². The first-order valence-electron chi connectivity index (χ1n) is 6.67. The predicted octanol–water partition coefficient (Wildman–Crippen LogP) is 3.45. The number of hydrogen-bond donors (Lipinski definition) is 1. The molecule has 0 fully saturated rings. The van der Waals surface area contributed by atoms with E-state index >= 15 is 0 Å². The van der Waals surface area contributed by atoms with E-state index in [0.717, 1.165) is 30.8 Å². The Morgan fingerprint density at radius 1 is 1.30 bits per heavy atom. The van der Waals surface area contributed by atoms with Crippen LogP contribution in [0.5, 0.6) is 0 Å². The molecule has 0 amide bonds. The summed E-state index contributed by atoms with van der Waals surface area (Å²) in [5, 5.41) is 7.78. The highest BCUT2D eigenvalue weighted by atomic mass is 35.5. The normalized spacial score (nSPS) is 10.3. The average molecular weight is 298 g/mol. The Hall–Kier alpha value is -1.39. The van der Waals surface area contributed by atoms with E-state index in [0.29, 0.717) is 6.54 Å². The molecule has 0 saturated carbocycles. The van der Waals surface area contributed by atoms with E-state index in [1.54, 1.807) is 12.1 Å². The fourth-order valence-electron chi connectivity index (χ4n) is 2.06. The minimum absolute atomic E-state index is 0. The lowest BCUT2D eigenvalue weighted by atomic mass is 10.2. The minimum atomic E-state index is -0.189. The van der Waals surface area contributed by atoms with Gasteiger partial charge >= 0.3 is 0 Å². The highest BCUT2D eigenvalue weighted by molar-refractivity contribution is 5.85. The Labute approximate surface area is 125 Å². The Balaban J connectivity index is 0.00000200. The molecule has 0 aliphatic heterocycles. The lowest BCUT2D eigenvalue weighted by Gasteiger charge is -2.04. The van der Waals surface area contributed by atoms with E-state index in [2.05, 4.69) is 23.5 Å². The molecule has 0 unspecified atom stereocenters. The summed E-state index contributed by atoms with van der Waals surface area (Å²) in [6, 6.07) is 6.67. The van der Waals surface area contributed by atoms with Crippen molar-refractivity contribution in [1.29, 1.82) is 0 Å². The zero-order chi connectivity index (χ0) is 13.7. The summed E-state index contributed by atoms with van der Waals surface area (Å²) in [6.45, 7) is 6.52. The summed E-state index contributed by atoms with van der Waals surface area (Å²) in [4.78, 5) is 0. The largest absolute Gasteiger partial charge is 0.308 e. The molecule has 20 heavy (non-hydrogen) atoms. The van der Waals surface area contributed by atoms with E-state index in [1.165, 1.54) is 11.6 Å². The van der Waals surface area contributed by atoms with Crippen LogP contribution in [0.3, 0.4) is 0 Å². The van der Waals surface area contributed by atoms with Crippen molar-refractivity contribution in [1.82, 2.24) is 15.1 Å². The van der Waals surface area contributed by atoms with Gasteiger partial charge in [0.05, 0.1) is 5.69 Å². The van der Waals surface area contributed by atoms with Crippen molar-refractivity contribution < 1.29 is 4.39 Å². The molecule has 0 spiro atoms. The number of rotatable bonds is 6. The van der Waals surface area contributed by atoms with Crippen LogP contribution in [0.1, 0.15) is 30.2 Å². The van der Waals surface area contributed by atoms with Gasteiger partial charge in [0.25, 0.3) is 0 Å². The molecule has 0 radical (unpaired) electrons. The number of hydrogen-bond acceptors (Lipinski definition) is 2. The number of aryl methyl sites for hydroxylation is 2. The maximum Gasteiger partial charge on any atom is 0.123 e. The van der Waals surface area contributed by atoms with Crippen LogP contribution in [-0.4, -0.2) is 9.78 Å². The fourth-order valence-corrected chi connectivity index (χ4v) is 2.06. The molecule has 2 rings (SSSR count). The molecule has 0 aliphatic carbocycles. The van der Waals surface area contributed by atoms with Crippen LogP contribution in [0.2, 0.25) is 0 Å². The third kappa shape index (κ3) is 4.62. The summed E-state index contributed by atoms with van der Waals surface area (Å²) in [6.07, 6.45) is 3.16. The van der Waals surface area contributed by atoms with Gasteiger partial charge in [-0.3, -0.25) is 4.68 Å². The van der Waals surface area contributed by atoms with E-state index in [1.807, 2.05) is 17.7 Å². The van der Waals surface area contributed by atoms with Crippen LogP contribution in [-0.2, 0) is 19.6 Å². The summed E-state index contributed by atoms with van der Waals surface area (Å²) in [5.74, 6) is -0.189. The zero-order valence-electron chi connectivity index (χ0n) is 11.9. The average Bonchev–Trinajstić information content (AvgIpc) is 2.71. The van der Waals surface area contributed by atoms with Crippen molar-refractivity contribution in [3.63, 3.8) is 0 Å². The summed E-state index contributed by atoms with van der Waals surface area (Å²) < 4.78 is 15.0. The second-order valence-corrected chi connectivity index (χ2v) is 4.74. The number of nitrogens with zero attached hydrogens (tertiary/aromatic N) is 2. The number of nitrogens with one attached hydrogen (secondary N) is 1. The van der Waals surface area contributed by atoms with Gasteiger partial charge in [0, 0.05) is 31.4 Å². The molecule has 1 heterocycles. The van der Waals surface area contributed by atoms with Gasteiger partial charge in [-0.25, -0.2) is 4.39 Å². The lowest BCUT2D eigenvalue weighted by molar-refractivity contribution is 0.597. The molecule has 0 saturated heterocycles. The topological polar surface area (TPSA) is 29.9 Å². The van der Waals surface area contributed by atoms with Crippen LogP contribution < -0.4 is 5.32 Å². The molecule has 0 atom stereocenters. The molecular weight excluding hydrogens is 277 g/mol. The first-order chi connectivity index (χ1) is 9.19. The Kier molecular flexibility index (Phi) is 6.68. The van der Waals surface area contributed by atoms with Gasteiger partial charge in [0.1, 0.15) is 5.82 Å². The minimum Gasteiger partial charge on any atom is -0.308 e. The molecule has 0 aliphatic rings. The lowest BCUT2D eigenvalue weighted by Crippen LogP contribution is -2.13. The van der Waals surface area contributed by atoms with E-state index in [9.17, 15) is 4.39 Å². The van der Waals surface area contributed by atoms with Crippen LogP contribution in [0, 0.1) is 12.7 Å². The Morgan fingerprint density at radius 2 is 2.10 bits per heavy atom. The first-order valence-corrected chi connectivity index (χ1v) is 6.67. The highest BCUT2D eigenvalue weighted by Crippen LogP contribution is 2.07. The molecule has 0 bridgehead atoms. The van der Waals surface area contributed by atoms with Gasteiger partial charge in [0.2, 0.25) is 0 Å². The zero-order valence-corrected chi connectivity index (χ0v) is 12.7. The van der Waals surface area contributed by atoms with Gasteiger partial charge in [-0.1, -0.05) is 19.1 Å². The summed E-state index contributed by atoms with van der Waals surface area (Å²) >= 11 is 0. The van der Waals surface area contributed by atoms with Gasteiger partial charge in [0.15, 0.2) is 0 Å². The van der Waals surface area contributed by atoms with E-state index in [-0.39, 0.29) is 18.2 Å².